The van der Waals surface area contributed by atoms with Crippen molar-refractivity contribution in [1.29, 1.82) is 0 Å². The molecule has 1 saturated carbocycles. The summed E-state index contributed by atoms with van der Waals surface area (Å²) in [5.41, 5.74) is 19.5. The third kappa shape index (κ3) is 7.05. The van der Waals surface area contributed by atoms with E-state index in [1.807, 2.05) is 0 Å². The van der Waals surface area contributed by atoms with Crippen molar-refractivity contribution < 1.29 is 0 Å². The number of benzene rings is 10. The number of hydrogen-bond donors (Lipinski definition) is 0. The van der Waals surface area contributed by atoms with Crippen molar-refractivity contribution in [1.82, 2.24) is 0 Å². The fourth-order valence-corrected chi connectivity index (χ4v) is 10.9. The minimum absolute atomic E-state index is 0.482. The van der Waals surface area contributed by atoms with Gasteiger partial charge in [-0.05, 0) is 153 Å². The van der Waals surface area contributed by atoms with Crippen molar-refractivity contribution >= 4 is 50.5 Å². The van der Waals surface area contributed by atoms with Crippen LogP contribution in [0.3, 0.4) is 0 Å². The van der Waals surface area contributed by atoms with E-state index in [9.17, 15) is 0 Å². The van der Waals surface area contributed by atoms with Crippen LogP contribution >= 0.6 is 0 Å². The maximum absolute atomic E-state index is 2.53. The van der Waals surface area contributed by atoms with Crippen LogP contribution in [0.5, 0.6) is 0 Å². The van der Waals surface area contributed by atoms with Crippen molar-refractivity contribution in [2.75, 3.05) is 9.80 Å². The van der Waals surface area contributed by atoms with Gasteiger partial charge in [-0.2, -0.15) is 0 Å². The highest BCUT2D eigenvalue weighted by Gasteiger charge is 2.53. The SMILES string of the molecule is Cc1ccccc1C1=C(C2CC2)C(c2ccccc2)(c2ccccc2)c2cc(N(c3ccc(-c4ccc(N(c5ccccc5)c5ccccc5)cc4)cc3)c3cccc4ccccc34)ccc21. The second kappa shape index (κ2) is 17.0. The van der Waals surface area contributed by atoms with Gasteiger partial charge >= 0.3 is 0 Å². The summed E-state index contributed by atoms with van der Waals surface area (Å²) < 4.78 is 0. The Hall–Kier alpha value is -8.20. The van der Waals surface area contributed by atoms with Gasteiger partial charge in [-0.3, -0.25) is 0 Å². The number of rotatable bonds is 11. The summed E-state index contributed by atoms with van der Waals surface area (Å²) in [4.78, 5) is 4.79. The van der Waals surface area contributed by atoms with Gasteiger partial charge in [0.25, 0.3) is 0 Å². The molecule has 12 rings (SSSR count). The lowest BCUT2D eigenvalue weighted by molar-refractivity contribution is 0.689. The van der Waals surface area contributed by atoms with Gasteiger partial charge in [0.15, 0.2) is 0 Å². The summed E-state index contributed by atoms with van der Waals surface area (Å²) in [6.45, 7) is 2.27. The molecule has 0 amide bonds. The van der Waals surface area contributed by atoms with Crippen molar-refractivity contribution in [3.8, 4) is 11.1 Å². The Kier molecular flexibility index (Phi) is 10.2. The van der Waals surface area contributed by atoms with Gasteiger partial charge in [-0.1, -0.05) is 188 Å². The Labute approximate surface area is 394 Å². The molecule has 0 radical (unpaired) electrons. The first-order chi connectivity index (χ1) is 33.2. The minimum atomic E-state index is -0.482. The predicted molar refractivity (Wildman–Crippen MR) is 281 cm³/mol. The second-order valence-corrected chi connectivity index (χ2v) is 18.0. The van der Waals surface area contributed by atoms with Gasteiger partial charge in [-0.25, -0.2) is 0 Å². The van der Waals surface area contributed by atoms with E-state index in [0.717, 1.165) is 34.1 Å². The van der Waals surface area contributed by atoms with Crippen LogP contribution in [0.2, 0.25) is 0 Å². The molecular weight excluding hydrogens is 809 g/mol. The molecule has 10 aromatic carbocycles. The minimum Gasteiger partial charge on any atom is -0.311 e. The molecule has 0 spiro atoms. The van der Waals surface area contributed by atoms with Gasteiger partial charge in [-0.15, -0.1) is 0 Å². The Morgan fingerprint density at radius 3 is 1.45 bits per heavy atom. The Morgan fingerprint density at radius 2 is 0.866 bits per heavy atom. The molecule has 2 heteroatoms. The summed E-state index contributed by atoms with van der Waals surface area (Å²) in [6.07, 6.45) is 2.39. The number of allylic oxidation sites excluding steroid dienone is 1. The summed E-state index contributed by atoms with van der Waals surface area (Å²) in [5, 5.41) is 2.42. The fourth-order valence-electron chi connectivity index (χ4n) is 10.9. The molecule has 0 bridgehead atoms. The maximum Gasteiger partial charge on any atom is 0.0680 e. The van der Waals surface area contributed by atoms with E-state index in [4.69, 9.17) is 0 Å². The average molecular weight is 859 g/mol. The Morgan fingerprint density at radius 1 is 0.388 bits per heavy atom. The van der Waals surface area contributed by atoms with Crippen LogP contribution in [0.15, 0.2) is 260 Å². The average Bonchev–Trinajstić information content (AvgIpc) is 4.20. The molecular formula is C65H50N2. The summed E-state index contributed by atoms with van der Waals surface area (Å²) in [6, 6.07) is 93.8. The van der Waals surface area contributed by atoms with Crippen molar-refractivity contribution in [3.05, 3.63) is 294 Å². The van der Waals surface area contributed by atoms with Gasteiger partial charge in [0.1, 0.15) is 0 Å². The van der Waals surface area contributed by atoms with Crippen LogP contribution in [-0.4, -0.2) is 0 Å². The second-order valence-electron chi connectivity index (χ2n) is 18.0. The largest absolute Gasteiger partial charge is 0.311 e. The highest BCUT2D eigenvalue weighted by molar-refractivity contribution is 6.01. The molecule has 320 valence electrons. The summed E-state index contributed by atoms with van der Waals surface area (Å²) in [7, 11) is 0. The first kappa shape index (κ1) is 40.3. The molecule has 0 aliphatic heterocycles. The molecule has 2 nitrogen and oxygen atoms in total. The molecule has 0 atom stereocenters. The van der Waals surface area contributed by atoms with E-state index in [1.165, 1.54) is 79.3 Å². The van der Waals surface area contributed by atoms with Crippen molar-refractivity contribution in [2.24, 2.45) is 5.92 Å². The lowest BCUT2D eigenvalue weighted by Gasteiger charge is -2.37. The molecule has 0 aromatic heterocycles. The zero-order chi connectivity index (χ0) is 44.7. The Balaban J connectivity index is 1.02. The smallest absolute Gasteiger partial charge is 0.0680 e. The standard InChI is InChI=1S/C65H50N2/c1-46-19-14-16-30-58(46)63-60-44-43-57(45-61(60)65(64(63)50-33-34-50,51-22-6-2-7-23-51)52-24-8-3-9-25-52)67(62-32-18-21-49-20-15-17-31-59(49)62)56-41-37-48(38-42-56)47-35-39-55(40-36-47)66(53-26-10-4-11-27-53)54-28-12-5-13-29-54/h2-32,35-45,50H,33-34H2,1H3. The van der Waals surface area contributed by atoms with E-state index in [2.05, 4.69) is 272 Å². The van der Waals surface area contributed by atoms with Crippen LogP contribution in [0.1, 0.15) is 46.2 Å². The van der Waals surface area contributed by atoms with Crippen LogP contribution in [0.25, 0.3) is 27.5 Å². The summed E-state index contributed by atoms with van der Waals surface area (Å²) in [5.74, 6) is 0.487. The van der Waals surface area contributed by atoms with Crippen LogP contribution in [0, 0.1) is 12.8 Å². The van der Waals surface area contributed by atoms with Gasteiger partial charge < -0.3 is 9.80 Å². The monoisotopic (exact) mass is 858 g/mol. The molecule has 2 aliphatic carbocycles. The van der Waals surface area contributed by atoms with Crippen molar-refractivity contribution in [2.45, 2.75) is 25.2 Å². The third-order valence-corrected chi connectivity index (χ3v) is 14.0. The highest BCUT2D eigenvalue weighted by Crippen LogP contribution is 2.63. The van der Waals surface area contributed by atoms with Crippen LogP contribution in [0.4, 0.5) is 34.1 Å². The molecule has 2 aliphatic rings. The zero-order valence-corrected chi connectivity index (χ0v) is 37.6. The molecule has 67 heavy (non-hydrogen) atoms. The third-order valence-electron chi connectivity index (χ3n) is 14.0. The van der Waals surface area contributed by atoms with Crippen LogP contribution < -0.4 is 9.80 Å². The topological polar surface area (TPSA) is 6.48 Å². The number of aryl methyl sites for hydroxylation is 1. The first-order valence-electron chi connectivity index (χ1n) is 23.6. The van der Waals surface area contributed by atoms with Crippen molar-refractivity contribution in [3.63, 3.8) is 0 Å². The quantitative estimate of drug-likeness (QED) is 0.128. The van der Waals surface area contributed by atoms with Gasteiger partial charge in [0, 0.05) is 33.8 Å². The van der Waals surface area contributed by atoms with E-state index in [1.54, 1.807) is 0 Å². The van der Waals surface area contributed by atoms with E-state index in [0.29, 0.717) is 5.92 Å². The van der Waals surface area contributed by atoms with Crippen LogP contribution in [-0.2, 0) is 5.41 Å². The van der Waals surface area contributed by atoms with E-state index in [-0.39, 0.29) is 0 Å². The Bertz CT molecular complexity index is 3310. The van der Waals surface area contributed by atoms with Gasteiger partial charge in [0.05, 0.1) is 11.1 Å². The molecule has 0 saturated heterocycles. The number of nitrogens with zero attached hydrogens (tertiary/aromatic N) is 2. The van der Waals surface area contributed by atoms with E-state index < -0.39 is 5.41 Å². The fraction of sp³-hybridized carbons (Fsp3) is 0.0769. The molecule has 1 fully saturated rings. The van der Waals surface area contributed by atoms with Gasteiger partial charge in [0.2, 0.25) is 0 Å². The maximum atomic E-state index is 2.53. The molecule has 10 aromatic rings. The normalized spacial score (nSPS) is 13.9. The number of fused-ring (bicyclic) bond motifs is 2. The zero-order valence-electron chi connectivity index (χ0n) is 37.6. The highest BCUT2D eigenvalue weighted by atomic mass is 15.1. The number of para-hydroxylation sites is 2. The molecule has 0 unspecified atom stereocenters. The first-order valence-corrected chi connectivity index (χ1v) is 23.6. The van der Waals surface area contributed by atoms with E-state index >= 15 is 0 Å². The predicted octanol–water partition coefficient (Wildman–Crippen LogP) is 17.3. The lowest BCUT2D eigenvalue weighted by Crippen LogP contribution is -2.31. The molecule has 0 N–H and O–H groups in total. The number of anilines is 6. The number of hydrogen-bond acceptors (Lipinski definition) is 2. The molecule has 0 heterocycles. The summed E-state index contributed by atoms with van der Waals surface area (Å²) >= 11 is 0. The lowest BCUT2D eigenvalue weighted by atomic mass is 9.65.